The molecule has 1 aromatic heterocycles. The first-order valence-electron chi connectivity index (χ1n) is 7.31. The third-order valence-corrected chi connectivity index (χ3v) is 5.62. The van der Waals surface area contributed by atoms with E-state index in [-0.39, 0.29) is 10.9 Å². The van der Waals surface area contributed by atoms with Crippen LogP contribution in [0.1, 0.15) is 25.8 Å². The fourth-order valence-electron chi connectivity index (χ4n) is 2.80. The fourth-order valence-corrected chi connectivity index (χ4v) is 4.39. The second-order valence-electron chi connectivity index (χ2n) is 6.25. The summed E-state index contributed by atoms with van der Waals surface area (Å²) in [5, 5.41) is 0.824. The van der Waals surface area contributed by atoms with Crippen molar-refractivity contribution in [2.45, 2.75) is 43.7 Å². The molecule has 1 fully saturated rings. The van der Waals surface area contributed by atoms with Crippen LogP contribution < -0.4 is 4.72 Å². The van der Waals surface area contributed by atoms with Gasteiger partial charge in [-0.25, -0.2) is 13.1 Å². The molecule has 1 unspecified atom stereocenters. The SMILES string of the molecule is Cc1cnc2c(S(=O)(=O)NC3CCOC3(C)C)cccc2c1. The highest BCUT2D eigenvalue weighted by Crippen LogP contribution is 2.28. The molecule has 1 N–H and O–H groups in total. The number of nitrogens with one attached hydrogen (secondary N) is 1. The van der Waals surface area contributed by atoms with Crippen LogP contribution >= 0.6 is 0 Å². The molecule has 0 bridgehead atoms. The topological polar surface area (TPSA) is 68.3 Å². The molecule has 22 heavy (non-hydrogen) atoms. The number of hydrogen-bond donors (Lipinski definition) is 1. The first-order valence-corrected chi connectivity index (χ1v) is 8.79. The van der Waals surface area contributed by atoms with E-state index in [0.29, 0.717) is 18.5 Å². The average molecular weight is 320 g/mol. The van der Waals surface area contributed by atoms with Gasteiger partial charge in [-0.15, -0.1) is 0 Å². The molecule has 1 atom stereocenters. The molecule has 2 heterocycles. The molecule has 0 aliphatic carbocycles. The molecule has 118 valence electrons. The number of para-hydroxylation sites is 1. The van der Waals surface area contributed by atoms with Crippen molar-refractivity contribution in [2.75, 3.05) is 6.61 Å². The Hall–Kier alpha value is -1.50. The Bertz CT molecular complexity index is 815. The first-order chi connectivity index (χ1) is 10.3. The number of fused-ring (bicyclic) bond motifs is 1. The van der Waals surface area contributed by atoms with Gasteiger partial charge in [-0.1, -0.05) is 12.1 Å². The predicted molar refractivity (Wildman–Crippen MR) is 85.2 cm³/mol. The van der Waals surface area contributed by atoms with E-state index in [0.717, 1.165) is 10.9 Å². The van der Waals surface area contributed by atoms with Gasteiger partial charge in [0.15, 0.2) is 0 Å². The Morgan fingerprint density at radius 1 is 1.36 bits per heavy atom. The largest absolute Gasteiger partial charge is 0.374 e. The molecule has 1 aliphatic heterocycles. The standard InChI is InChI=1S/C16H20N2O3S/c1-11-9-12-5-4-6-13(15(12)17-10-11)22(19,20)18-14-7-8-21-16(14,2)3/h4-6,9-10,14,18H,7-8H2,1-3H3. The van der Waals surface area contributed by atoms with Crippen molar-refractivity contribution >= 4 is 20.9 Å². The molecule has 1 aliphatic rings. The maximum Gasteiger partial charge on any atom is 0.243 e. The maximum atomic E-state index is 12.8. The second kappa shape index (κ2) is 5.30. The van der Waals surface area contributed by atoms with Crippen LogP contribution in [-0.2, 0) is 14.8 Å². The number of aromatic nitrogens is 1. The predicted octanol–water partition coefficient (Wildman–Crippen LogP) is 2.39. The van der Waals surface area contributed by atoms with Crippen LogP contribution in [0.15, 0.2) is 35.4 Å². The Balaban J connectivity index is 2.03. The molecule has 0 amide bonds. The molecule has 5 nitrogen and oxygen atoms in total. The van der Waals surface area contributed by atoms with Gasteiger partial charge in [-0.05, 0) is 44.9 Å². The average Bonchev–Trinajstić information content (AvgIpc) is 2.76. The minimum Gasteiger partial charge on any atom is -0.374 e. The highest BCUT2D eigenvalue weighted by molar-refractivity contribution is 7.89. The van der Waals surface area contributed by atoms with Crippen LogP contribution in [0.5, 0.6) is 0 Å². The fraction of sp³-hybridized carbons (Fsp3) is 0.438. The van der Waals surface area contributed by atoms with Crippen molar-refractivity contribution in [3.05, 3.63) is 36.0 Å². The molecular formula is C16H20N2O3S. The highest BCUT2D eigenvalue weighted by atomic mass is 32.2. The lowest BCUT2D eigenvalue weighted by atomic mass is 10.0. The third kappa shape index (κ3) is 2.74. The Kier molecular flexibility index (Phi) is 3.71. The van der Waals surface area contributed by atoms with Crippen LogP contribution in [0.3, 0.4) is 0 Å². The number of ether oxygens (including phenoxy) is 1. The zero-order chi connectivity index (χ0) is 16.0. The first kappa shape index (κ1) is 15.4. The van der Waals surface area contributed by atoms with E-state index in [9.17, 15) is 8.42 Å². The van der Waals surface area contributed by atoms with E-state index < -0.39 is 15.6 Å². The van der Waals surface area contributed by atoms with E-state index >= 15 is 0 Å². The number of aryl methyl sites for hydroxylation is 1. The lowest BCUT2D eigenvalue weighted by molar-refractivity contribution is 0.0256. The Labute approximate surface area is 130 Å². The van der Waals surface area contributed by atoms with E-state index in [1.807, 2.05) is 32.9 Å². The van der Waals surface area contributed by atoms with Gasteiger partial charge < -0.3 is 4.74 Å². The van der Waals surface area contributed by atoms with Crippen molar-refractivity contribution in [1.82, 2.24) is 9.71 Å². The summed E-state index contributed by atoms with van der Waals surface area (Å²) in [6.45, 7) is 6.30. The van der Waals surface area contributed by atoms with Gasteiger partial charge in [0, 0.05) is 18.2 Å². The molecule has 6 heteroatoms. The van der Waals surface area contributed by atoms with Crippen LogP contribution in [0, 0.1) is 6.92 Å². The molecular weight excluding hydrogens is 300 g/mol. The van der Waals surface area contributed by atoms with Gasteiger partial charge in [0.2, 0.25) is 10.0 Å². The maximum absolute atomic E-state index is 12.8. The molecule has 0 radical (unpaired) electrons. The summed E-state index contributed by atoms with van der Waals surface area (Å²) in [7, 11) is -3.65. The molecule has 3 rings (SSSR count). The number of nitrogens with zero attached hydrogens (tertiary/aromatic N) is 1. The van der Waals surface area contributed by atoms with Gasteiger partial charge >= 0.3 is 0 Å². The van der Waals surface area contributed by atoms with Crippen LogP contribution in [0.2, 0.25) is 0 Å². The van der Waals surface area contributed by atoms with Gasteiger partial charge in [-0.2, -0.15) is 0 Å². The second-order valence-corrected chi connectivity index (χ2v) is 7.94. The summed E-state index contributed by atoms with van der Waals surface area (Å²) in [5.41, 5.74) is 0.999. The normalized spacial score (nSPS) is 21.3. The van der Waals surface area contributed by atoms with E-state index in [1.54, 1.807) is 18.3 Å². The van der Waals surface area contributed by atoms with Crippen molar-refractivity contribution in [3.63, 3.8) is 0 Å². The number of pyridine rings is 1. The lowest BCUT2D eigenvalue weighted by Crippen LogP contribution is -2.46. The summed E-state index contributed by atoms with van der Waals surface area (Å²) in [6, 6.07) is 6.91. The zero-order valence-electron chi connectivity index (χ0n) is 13.0. The van der Waals surface area contributed by atoms with Gasteiger partial charge in [0.25, 0.3) is 0 Å². The van der Waals surface area contributed by atoms with Crippen molar-refractivity contribution in [1.29, 1.82) is 0 Å². The monoisotopic (exact) mass is 320 g/mol. The van der Waals surface area contributed by atoms with E-state index in [4.69, 9.17) is 4.74 Å². The summed E-state index contributed by atoms with van der Waals surface area (Å²) >= 11 is 0. The number of rotatable bonds is 3. The summed E-state index contributed by atoms with van der Waals surface area (Å²) < 4.78 is 33.9. The van der Waals surface area contributed by atoms with Gasteiger partial charge in [-0.3, -0.25) is 4.98 Å². The highest BCUT2D eigenvalue weighted by Gasteiger charge is 2.38. The van der Waals surface area contributed by atoms with E-state index in [2.05, 4.69) is 9.71 Å². The van der Waals surface area contributed by atoms with Crippen LogP contribution in [0.4, 0.5) is 0 Å². The minimum absolute atomic E-state index is 0.215. The van der Waals surface area contributed by atoms with Crippen molar-refractivity contribution < 1.29 is 13.2 Å². The molecule has 1 aromatic carbocycles. The number of hydrogen-bond acceptors (Lipinski definition) is 4. The van der Waals surface area contributed by atoms with Gasteiger partial charge in [0.1, 0.15) is 4.90 Å². The van der Waals surface area contributed by atoms with Crippen LogP contribution in [-0.4, -0.2) is 31.7 Å². The molecule has 0 spiro atoms. The van der Waals surface area contributed by atoms with Gasteiger partial charge in [0.05, 0.1) is 17.2 Å². The van der Waals surface area contributed by atoms with Crippen molar-refractivity contribution in [2.24, 2.45) is 0 Å². The summed E-state index contributed by atoms with van der Waals surface area (Å²) in [4.78, 5) is 4.52. The molecule has 2 aromatic rings. The lowest BCUT2D eigenvalue weighted by Gasteiger charge is -2.26. The smallest absolute Gasteiger partial charge is 0.243 e. The van der Waals surface area contributed by atoms with Crippen LogP contribution in [0.25, 0.3) is 10.9 Å². The minimum atomic E-state index is -3.65. The molecule has 0 saturated carbocycles. The summed E-state index contributed by atoms with van der Waals surface area (Å²) in [5.74, 6) is 0. The Morgan fingerprint density at radius 2 is 2.14 bits per heavy atom. The zero-order valence-corrected chi connectivity index (χ0v) is 13.8. The summed E-state index contributed by atoms with van der Waals surface area (Å²) in [6.07, 6.45) is 2.35. The van der Waals surface area contributed by atoms with Crippen molar-refractivity contribution in [3.8, 4) is 0 Å². The Morgan fingerprint density at radius 3 is 2.82 bits per heavy atom. The third-order valence-electron chi connectivity index (χ3n) is 4.12. The molecule has 1 saturated heterocycles. The number of sulfonamides is 1. The quantitative estimate of drug-likeness (QED) is 0.943. The number of benzene rings is 1. The van der Waals surface area contributed by atoms with E-state index in [1.165, 1.54) is 0 Å².